The summed E-state index contributed by atoms with van der Waals surface area (Å²) in [6, 6.07) is 3.12. The smallest absolute Gasteiger partial charge is 0.340 e. The highest BCUT2D eigenvalue weighted by Crippen LogP contribution is 2.24. The summed E-state index contributed by atoms with van der Waals surface area (Å²) in [7, 11) is 1.28. The van der Waals surface area contributed by atoms with Gasteiger partial charge in [-0.2, -0.15) is 0 Å². The van der Waals surface area contributed by atoms with E-state index >= 15 is 0 Å². The third-order valence-corrected chi connectivity index (χ3v) is 4.17. The fourth-order valence-electron chi connectivity index (χ4n) is 1.52. The SMILES string of the molecule is COC(=O)/C(=C\c1cc(Br)cs1)c1cc(=O)[nH]c(=S)[nH]1. The Hall–Kier alpha value is -1.51. The second-order valence-electron chi connectivity index (χ2n) is 3.72. The molecule has 2 aromatic heterocycles. The minimum atomic E-state index is -0.550. The van der Waals surface area contributed by atoms with E-state index in [0.717, 1.165) is 9.35 Å². The molecule has 0 aliphatic rings. The number of H-pyrrole nitrogens is 2. The molecule has 0 amide bonds. The highest BCUT2D eigenvalue weighted by atomic mass is 79.9. The Bertz CT molecular complexity index is 760. The van der Waals surface area contributed by atoms with Crippen molar-refractivity contribution in [1.82, 2.24) is 9.97 Å². The number of thiophene rings is 1. The lowest BCUT2D eigenvalue weighted by molar-refractivity contribution is -0.133. The molecule has 0 aliphatic carbocycles. The van der Waals surface area contributed by atoms with Gasteiger partial charge < -0.3 is 9.72 Å². The zero-order valence-electron chi connectivity index (χ0n) is 10.2. The number of carbonyl (C=O) groups is 1. The van der Waals surface area contributed by atoms with Crippen LogP contribution in [-0.2, 0) is 9.53 Å². The molecule has 0 spiro atoms. The predicted octanol–water partition coefficient (Wildman–Crippen LogP) is 2.97. The standard InChI is InChI=1S/C12H9BrN2O3S2/c1-18-11(17)8(3-7-2-6(13)5-20-7)9-4-10(16)15-12(19)14-9/h2-5H,1H3,(H2,14,15,16,19)/b8-3-. The van der Waals surface area contributed by atoms with Crippen LogP contribution in [0.5, 0.6) is 0 Å². The van der Waals surface area contributed by atoms with Crippen molar-refractivity contribution in [3.63, 3.8) is 0 Å². The number of carbonyl (C=O) groups excluding carboxylic acids is 1. The van der Waals surface area contributed by atoms with Crippen LogP contribution in [0.25, 0.3) is 11.6 Å². The van der Waals surface area contributed by atoms with Crippen molar-refractivity contribution in [3.8, 4) is 0 Å². The second kappa shape index (κ2) is 6.29. The molecular weight excluding hydrogens is 364 g/mol. The molecule has 0 atom stereocenters. The summed E-state index contributed by atoms with van der Waals surface area (Å²) >= 11 is 9.70. The number of esters is 1. The van der Waals surface area contributed by atoms with Gasteiger partial charge in [-0.15, -0.1) is 11.3 Å². The highest BCUT2D eigenvalue weighted by molar-refractivity contribution is 9.10. The lowest BCUT2D eigenvalue weighted by atomic mass is 10.1. The topological polar surface area (TPSA) is 75.0 Å². The van der Waals surface area contributed by atoms with E-state index in [1.807, 2.05) is 11.4 Å². The Morgan fingerprint density at radius 2 is 2.20 bits per heavy atom. The first-order chi connectivity index (χ1) is 9.49. The van der Waals surface area contributed by atoms with Crippen molar-refractivity contribution >= 4 is 57.1 Å². The summed E-state index contributed by atoms with van der Waals surface area (Å²) in [5.41, 5.74) is 0.167. The molecule has 2 aromatic rings. The monoisotopic (exact) mass is 372 g/mol. The van der Waals surface area contributed by atoms with E-state index in [4.69, 9.17) is 17.0 Å². The van der Waals surface area contributed by atoms with Crippen molar-refractivity contribution in [2.45, 2.75) is 0 Å². The molecule has 20 heavy (non-hydrogen) atoms. The van der Waals surface area contributed by atoms with Crippen LogP contribution in [-0.4, -0.2) is 23.0 Å². The zero-order valence-corrected chi connectivity index (χ0v) is 13.4. The third-order valence-electron chi connectivity index (χ3n) is 2.33. The van der Waals surface area contributed by atoms with Gasteiger partial charge in [-0.25, -0.2) is 4.79 Å². The second-order valence-corrected chi connectivity index (χ2v) is 5.99. The maximum absolute atomic E-state index is 11.9. The first-order valence-electron chi connectivity index (χ1n) is 5.37. The van der Waals surface area contributed by atoms with Crippen LogP contribution in [0.1, 0.15) is 10.6 Å². The zero-order chi connectivity index (χ0) is 14.7. The van der Waals surface area contributed by atoms with Crippen LogP contribution >= 0.6 is 39.5 Å². The Morgan fingerprint density at radius 1 is 1.45 bits per heavy atom. The van der Waals surface area contributed by atoms with Gasteiger partial charge in [0.25, 0.3) is 5.56 Å². The molecule has 104 valence electrons. The molecule has 2 N–H and O–H groups in total. The largest absolute Gasteiger partial charge is 0.465 e. The Kier molecular flexibility index (Phi) is 4.69. The Morgan fingerprint density at radius 3 is 2.75 bits per heavy atom. The third kappa shape index (κ3) is 3.53. The van der Waals surface area contributed by atoms with Crippen LogP contribution in [0.15, 0.2) is 26.8 Å². The number of methoxy groups -OCH3 is 1. The van der Waals surface area contributed by atoms with E-state index in [9.17, 15) is 9.59 Å². The lowest BCUT2D eigenvalue weighted by Crippen LogP contribution is -2.12. The number of halogens is 1. The van der Waals surface area contributed by atoms with Gasteiger partial charge in [0.1, 0.15) is 0 Å². The molecular formula is C12H9BrN2O3S2. The van der Waals surface area contributed by atoms with E-state index in [1.165, 1.54) is 24.5 Å². The average molecular weight is 373 g/mol. The van der Waals surface area contributed by atoms with Gasteiger partial charge in [0.15, 0.2) is 4.77 Å². The minimum absolute atomic E-state index is 0.148. The summed E-state index contributed by atoms with van der Waals surface area (Å²) in [6.45, 7) is 0. The van der Waals surface area contributed by atoms with E-state index in [0.29, 0.717) is 5.69 Å². The molecule has 0 radical (unpaired) electrons. The van der Waals surface area contributed by atoms with Gasteiger partial charge in [-0.3, -0.25) is 9.78 Å². The number of aromatic nitrogens is 2. The first kappa shape index (κ1) is 14.9. The van der Waals surface area contributed by atoms with Crippen LogP contribution in [0, 0.1) is 4.77 Å². The molecule has 0 unspecified atom stereocenters. The van der Waals surface area contributed by atoms with E-state index in [-0.39, 0.29) is 15.9 Å². The van der Waals surface area contributed by atoms with Gasteiger partial charge in [0.05, 0.1) is 18.4 Å². The summed E-state index contributed by atoms with van der Waals surface area (Å²) in [6.07, 6.45) is 1.64. The summed E-state index contributed by atoms with van der Waals surface area (Å²) in [4.78, 5) is 29.4. The predicted molar refractivity (Wildman–Crippen MR) is 84.2 cm³/mol. The Labute approximate surface area is 131 Å². The molecule has 0 bridgehead atoms. The van der Waals surface area contributed by atoms with Gasteiger partial charge in [0, 0.05) is 20.8 Å². The van der Waals surface area contributed by atoms with Crippen molar-refractivity contribution in [2.75, 3.05) is 7.11 Å². The number of aromatic amines is 2. The van der Waals surface area contributed by atoms with Crippen molar-refractivity contribution in [2.24, 2.45) is 0 Å². The summed E-state index contributed by atoms with van der Waals surface area (Å²) in [5.74, 6) is -0.550. The van der Waals surface area contributed by atoms with Crippen LogP contribution < -0.4 is 5.56 Å². The normalized spacial score (nSPS) is 11.4. The van der Waals surface area contributed by atoms with E-state index in [2.05, 4.69) is 25.9 Å². The molecule has 0 saturated carbocycles. The van der Waals surface area contributed by atoms with Crippen LogP contribution in [0.2, 0.25) is 0 Å². The molecule has 8 heteroatoms. The van der Waals surface area contributed by atoms with Crippen molar-refractivity contribution in [3.05, 3.63) is 47.7 Å². The first-order valence-corrected chi connectivity index (χ1v) is 7.46. The highest BCUT2D eigenvalue weighted by Gasteiger charge is 2.14. The maximum atomic E-state index is 11.9. The minimum Gasteiger partial charge on any atom is -0.465 e. The lowest BCUT2D eigenvalue weighted by Gasteiger charge is -2.05. The van der Waals surface area contributed by atoms with Gasteiger partial charge in [-0.1, -0.05) is 0 Å². The van der Waals surface area contributed by atoms with E-state index < -0.39 is 5.97 Å². The average Bonchev–Trinajstić information content (AvgIpc) is 2.79. The van der Waals surface area contributed by atoms with Crippen molar-refractivity contribution < 1.29 is 9.53 Å². The maximum Gasteiger partial charge on any atom is 0.340 e. The van der Waals surface area contributed by atoms with E-state index in [1.54, 1.807) is 6.08 Å². The molecule has 5 nitrogen and oxygen atoms in total. The fraction of sp³-hybridized carbons (Fsp3) is 0.0833. The van der Waals surface area contributed by atoms with Crippen molar-refractivity contribution in [1.29, 1.82) is 0 Å². The fourth-order valence-corrected chi connectivity index (χ4v) is 3.10. The van der Waals surface area contributed by atoms with Gasteiger partial charge in [0.2, 0.25) is 0 Å². The Balaban J connectivity index is 2.58. The van der Waals surface area contributed by atoms with Gasteiger partial charge in [-0.05, 0) is 40.3 Å². The molecule has 0 aliphatic heterocycles. The summed E-state index contributed by atoms with van der Waals surface area (Å²) in [5, 5.41) is 1.89. The number of ether oxygens (including phenoxy) is 1. The molecule has 0 fully saturated rings. The molecule has 2 rings (SSSR count). The molecule has 0 aromatic carbocycles. The number of nitrogens with one attached hydrogen (secondary N) is 2. The number of rotatable bonds is 3. The van der Waals surface area contributed by atoms with Crippen LogP contribution in [0.3, 0.4) is 0 Å². The van der Waals surface area contributed by atoms with Gasteiger partial charge >= 0.3 is 5.97 Å². The summed E-state index contributed by atoms with van der Waals surface area (Å²) < 4.78 is 5.81. The molecule has 2 heterocycles. The number of hydrogen-bond acceptors (Lipinski definition) is 5. The quantitative estimate of drug-likeness (QED) is 0.493. The number of hydrogen-bond donors (Lipinski definition) is 2. The van der Waals surface area contributed by atoms with Crippen LogP contribution in [0.4, 0.5) is 0 Å². The molecule has 0 saturated heterocycles.